The molecule has 5 nitrogen and oxygen atoms in total. The molecule has 98 valence electrons. The van der Waals surface area contributed by atoms with Crippen molar-refractivity contribution in [3.63, 3.8) is 0 Å². The monoisotopic (exact) mass is 267 g/mol. The highest BCUT2D eigenvalue weighted by atomic mass is 32.1. The van der Waals surface area contributed by atoms with Crippen molar-refractivity contribution < 1.29 is 9.53 Å². The van der Waals surface area contributed by atoms with Gasteiger partial charge in [-0.2, -0.15) is 0 Å². The molecule has 0 aliphatic carbocycles. The van der Waals surface area contributed by atoms with Crippen molar-refractivity contribution in [2.45, 2.75) is 13.8 Å². The summed E-state index contributed by atoms with van der Waals surface area (Å²) >= 11 is 4.97. The van der Waals surface area contributed by atoms with Crippen molar-refractivity contribution in [3.8, 4) is 0 Å². The average Bonchev–Trinajstić information content (AvgIpc) is 2.28. The topological polar surface area (TPSA) is 68.5 Å². The number of anilines is 1. The minimum absolute atomic E-state index is 0.111. The lowest BCUT2D eigenvalue weighted by molar-refractivity contribution is -0.141. The molecule has 6 heteroatoms. The molecule has 0 spiro atoms. The highest BCUT2D eigenvalue weighted by molar-refractivity contribution is 7.80. The number of aryl methyl sites for hydroxylation is 1. The normalized spacial score (nSPS) is 9.94. The van der Waals surface area contributed by atoms with Crippen LogP contribution in [0, 0.1) is 6.92 Å². The molecule has 0 fully saturated rings. The van der Waals surface area contributed by atoms with Crippen LogP contribution in [0.1, 0.15) is 18.2 Å². The van der Waals surface area contributed by atoms with Gasteiger partial charge in [0.05, 0.1) is 12.2 Å². The molecular weight excluding hydrogens is 250 g/mol. The molecule has 0 saturated carbocycles. The van der Waals surface area contributed by atoms with Crippen LogP contribution in [0.15, 0.2) is 12.1 Å². The SMILES string of the molecule is CCOC(=O)CN(C)c1nc(C)ccc1C(N)=S. The molecule has 0 unspecified atom stereocenters. The van der Waals surface area contributed by atoms with E-state index in [1.54, 1.807) is 18.9 Å². The summed E-state index contributed by atoms with van der Waals surface area (Å²) < 4.78 is 4.89. The van der Waals surface area contributed by atoms with Crippen LogP contribution in [-0.2, 0) is 9.53 Å². The Bertz CT molecular complexity index is 463. The van der Waals surface area contributed by atoms with E-state index in [0.717, 1.165) is 5.69 Å². The highest BCUT2D eigenvalue weighted by Crippen LogP contribution is 2.17. The van der Waals surface area contributed by atoms with Crippen molar-refractivity contribution in [1.82, 2.24) is 4.98 Å². The molecule has 1 aromatic heterocycles. The van der Waals surface area contributed by atoms with E-state index < -0.39 is 0 Å². The van der Waals surface area contributed by atoms with Crippen LogP contribution < -0.4 is 10.6 Å². The number of thiocarbonyl (C=S) groups is 1. The summed E-state index contributed by atoms with van der Waals surface area (Å²) in [4.78, 5) is 17.7. The Kier molecular flexibility index (Phi) is 5.03. The third-order valence-electron chi connectivity index (χ3n) is 2.31. The number of carbonyl (C=O) groups is 1. The summed E-state index contributed by atoms with van der Waals surface area (Å²) in [5.74, 6) is 0.285. The Morgan fingerprint density at radius 3 is 2.78 bits per heavy atom. The number of nitrogens with two attached hydrogens (primary N) is 1. The van der Waals surface area contributed by atoms with Crippen molar-refractivity contribution in [2.24, 2.45) is 5.73 Å². The summed E-state index contributed by atoms with van der Waals surface area (Å²) in [6.45, 7) is 4.10. The van der Waals surface area contributed by atoms with Gasteiger partial charge >= 0.3 is 5.97 Å². The Hall–Kier alpha value is -1.69. The number of nitrogens with zero attached hydrogens (tertiary/aromatic N) is 2. The zero-order chi connectivity index (χ0) is 13.7. The van der Waals surface area contributed by atoms with Gasteiger partial charge < -0.3 is 15.4 Å². The number of pyridine rings is 1. The number of hydrogen-bond donors (Lipinski definition) is 1. The lowest BCUT2D eigenvalue weighted by atomic mass is 10.2. The van der Waals surface area contributed by atoms with E-state index in [2.05, 4.69) is 4.98 Å². The fourth-order valence-electron chi connectivity index (χ4n) is 1.50. The average molecular weight is 267 g/mol. The smallest absolute Gasteiger partial charge is 0.325 e. The molecule has 0 amide bonds. The lowest BCUT2D eigenvalue weighted by Crippen LogP contribution is -2.30. The first-order chi connectivity index (χ1) is 8.45. The van der Waals surface area contributed by atoms with Gasteiger partial charge in [0.15, 0.2) is 0 Å². The van der Waals surface area contributed by atoms with Gasteiger partial charge in [-0.15, -0.1) is 0 Å². The Balaban J connectivity index is 2.96. The number of rotatable bonds is 5. The number of hydrogen-bond acceptors (Lipinski definition) is 5. The quantitative estimate of drug-likeness (QED) is 0.634. The predicted molar refractivity (Wildman–Crippen MR) is 74.8 cm³/mol. The Morgan fingerprint density at radius 1 is 1.56 bits per heavy atom. The molecule has 0 saturated heterocycles. The number of likely N-dealkylation sites (N-methyl/N-ethyl adjacent to an activating group) is 1. The zero-order valence-corrected chi connectivity index (χ0v) is 11.6. The van der Waals surface area contributed by atoms with Crippen molar-refractivity contribution in [1.29, 1.82) is 0 Å². The summed E-state index contributed by atoms with van der Waals surface area (Å²) in [7, 11) is 1.75. The van der Waals surface area contributed by atoms with E-state index in [-0.39, 0.29) is 17.5 Å². The van der Waals surface area contributed by atoms with E-state index in [4.69, 9.17) is 22.7 Å². The van der Waals surface area contributed by atoms with Gasteiger partial charge in [0, 0.05) is 12.7 Å². The minimum Gasteiger partial charge on any atom is -0.465 e. The molecule has 1 heterocycles. The van der Waals surface area contributed by atoms with E-state index in [9.17, 15) is 4.79 Å². The Labute approximate surface area is 112 Å². The standard InChI is InChI=1S/C12H17N3O2S/c1-4-17-10(16)7-15(3)12-9(11(13)18)6-5-8(2)14-12/h5-6H,4,7H2,1-3H3,(H2,13,18). The minimum atomic E-state index is -0.308. The molecule has 0 radical (unpaired) electrons. The van der Waals surface area contributed by atoms with Crippen LogP contribution in [0.2, 0.25) is 0 Å². The van der Waals surface area contributed by atoms with Crippen LogP contribution in [0.5, 0.6) is 0 Å². The van der Waals surface area contributed by atoms with Crippen LogP contribution in [0.4, 0.5) is 5.82 Å². The second kappa shape index (κ2) is 6.30. The Morgan fingerprint density at radius 2 is 2.22 bits per heavy atom. The molecule has 0 aliphatic rings. The van der Waals surface area contributed by atoms with Crippen LogP contribution >= 0.6 is 12.2 Å². The maximum atomic E-state index is 11.4. The summed E-state index contributed by atoms with van der Waals surface area (Å²) in [5.41, 5.74) is 7.13. The number of ether oxygens (including phenoxy) is 1. The summed E-state index contributed by atoms with van der Waals surface area (Å²) in [6.07, 6.45) is 0. The van der Waals surface area contributed by atoms with Crippen molar-refractivity contribution in [2.75, 3.05) is 25.1 Å². The van der Waals surface area contributed by atoms with Gasteiger partial charge in [-0.1, -0.05) is 12.2 Å². The van der Waals surface area contributed by atoms with Crippen molar-refractivity contribution in [3.05, 3.63) is 23.4 Å². The first-order valence-electron chi connectivity index (χ1n) is 5.60. The summed E-state index contributed by atoms with van der Waals surface area (Å²) in [6, 6.07) is 3.64. The fraction of sp³-hybridized carbons (Fsp3) is 0.417. The van der Waals surface area contributed by atoms with E-state index >= 15 is 0 Å². The van der Waals surface area contributed by atoms with Crippen LogP contribution in [0.3, 0.4) is 0 Å². The largest absolute Gasteiger partial charge is 0.465 e. The van der Waals surface area contributed by atoms with Gasteiger partial charge in [-0.3, -0.25) is 4.79 Å². The van der Waals surface area contributed by atoms with Crippen LogP contribution in [0.25, 0.3) is 0 Å². The number of esters is 1. The number of carbonyl (C=O) groups excluding carboxylic acids is 1. The second-order valence-corrected chi connectivity index (χ2v) is 4.29. The first-order valence-corrected chi connectivity index (χ1v) is 6.00. The third-order valence-corrected chi connectivity index (χ3v) is 2.53. The van der Waals surface area contributed by atoms with Gasteiger partial charge in [-0.05, 0) is 26.0 Å². The second-order valence-electron chi connectivity index (χ2n) is 3.85. The molecule has 0 atom stereocenters. The molecule has 18 heavy (non-hydrogen) atoms. The molecule has 1 aromatic rings. The third kappa shape index (κ3) is 3.66. The lowest BCUT2D eigenvalue weighted by Gasteiger charge is -2.20. The predicted octanol–water partition coefficient (Wildman–Crippen LogP) is 1.02. The fourth-order valence-corrected chi connectivity index (χ4v) is 1.66. The van der Waals surface area contributed by atoms with E-state index in [0.29, 0.717) is 18.0 Å². The van der Waals surface area contributed by atoms with Gasteiger partial charge in [0.2, 0.25) is 0 Å². The maximum absolute atomic E-state index is 11.4. The van der Waals surface area contributed by atoms with E-state index in [1.807, 2.05) is 19.1 Å². The molecule has 2 N–H and O–H groups in total. The molecule has 0 aliphatic heterocycles. The van der Waals surface area contributed by atoms with E-state index in [1.165, 1.54) is 0 Å². The van der Waals surface area contributed by atoms with Gasteiger partial charge in [-0.25, -0.2) is 4.98 Å². The first kappa shape index (κ1) is 14.4. The number of aromatic nitrogens is 1. The highest BCUT2D eigenvalue weighted by Gasteiger charge is 2.15. The molecular formula is C12H17N3O2S. The van der Waals surface area contributed by atoms with Gasteiger partial charge in [0.1, 0.15) is 17.4 Å². The van der Waals surface area contributed by atoms with Crippen molar-refractivity contribution >= 4 is 29.0 Å². The van der Waals surface area contributed by atoms with Gasteiger partial charge in [0.25, 0.3) is 0 Å². The maximum Gasteiger partial charge on any atom is 0.325 e. The van der Waals surface area contributed by atoms with Crippen LogP contribution in [-0.4, -0.2) is 36.1 Å². The molecule has 0 aromatic carbocycles. The molecule has 1 rings (SSSR count). The zero-order valence-electron chi connectivity index (χ0n) is 10.8. The molecule has 0 bridgehead atoms. The summed E-state index contributed by atoms with van der Waals surface area (Å²) in [5, 5.41) is 0.